The molecule has 0 atom stereocenters. The van der Waals surface area contributed by atoms with Crippen LogP contribution in [0.15, 0.2) is 23.4 Å². The number of nitrogens with zero attached hydrogens (tertiary/aromatic N) is 2. The van der Waals surface area contributed by atoms with Crippen LogP contribution in [-0.2, 0) is 6.54 Å². The Morgan fingerprint density at radius 2 is 1.95 bits per heavy atom. The summed E-state index contributed by atoms with van der Waals surface area (Å²) in [5.41, 5.74) is 8.88. The van der Waals surface area contributed by atoms with Gasteiger partial charge in [-0.2, -0.15) is 0 Å². The average molecular weight is 291 g/mol. The summed E-state index contributed by atoms with van der Waals surface area (Å²) < 4.78 is 0. The molecule has 1 aromatic rings. The average Bonchev–Trinajstić information content (AvgIpc) is 2.51. The van der Waals surface area contributed by atoms with E-state index in [-0.39, 0.29) is 5.84 Å². The molecule has 0 heterocycles. The van der Waals surface area contributed by atoms with Crippen LogP contribution in [-0.4, -0.2) is 29.0 Å². The summed E-state index contributed by atoms with van der Waals surface area (Å²) >= 11 is 0. The molecule has 4 heteroatoms. The molecule has 0 aliphatic rings. The second kappa shape index (κ2) is 8.67. The molecule has 0 spiro atoms. The van der Waals surface area contributed by atoms with E-state index in [2.05, 4.69) is 43.8 Å². The third-order valence-electron chi connectivity index (χ3n) is 4.26. The van der Waals surface area contributed by atoms with Crippen molar-refractivity contribution >= 4 is 5.84 Å². The van der Waals surface area contributed by atoms with E-state index in [1.165, 1.54) is 24.0 Å². The van der Waals surface area contributed by atoms with Crippen molar-refractivity contribution in [3.63, 3.8) is 0 Å². The van der Waals surface area contributed by atoms with Gasteiger partial charge in [0.2, 0.25) is 0 Å². The van der Waals surface area contributed by atoms with Gasteiger partial charge >= 0.3 is 0 Å². The molecule has 1 aromatic carbocycles. The summed E-state index contributed by atoms with van der Waals surface area (Å²) in [7, 11) is 0. The summed E-state index contributed by atoms with van der Waals surface area (Å²) in [5.74, 6) is 0.927. The van der Waals surface area contributed by atoms with E-state index in [9.17, 15) is 0 Å². The van der Waals surface area contributed by atoms with Gasteiger partial charge in [-0.05, 0) is 36.6 Å². The Balaban J connectivity index is 2.81. The van der Waals surface area contributed by atoms with Crippen LogP contribution in [0.3, 0.4) is 0 Å². The fourth-order valence-electron chi connectivity index (χ4n) is 2.55. The largest absolute Gasteiger partial charge is 0.409 e. The Hall–Kier alpha value is -1.55. The van der Waals surface area contributed by atoms with Gasteiger partial charge < -0.3 is 10.9 Å². The second-order valence-electron chi connectivity index (χ2n) is 5.64. The van der Waals surface area contributed by atoms with E-state index < -0.39 is 0 Å². The van der Waals surface area contributed by atoms with Crippen molar-refractivity contribution in [3.8, 4) is 0 Å². The quantitative estimate of drug-likeness (QED) is 0.334. The maximum Gasteiger partial charge on any atom is 0.170 e. The zero-order valence-electron chi connectivity index (χ0n) is 13.8. The summed E-state index contributed by atoms with van der Waals surface area (Å²) in [6.45, 7) is 12.0. The molecule has 0 saturated heterocycles. The van der Waals surface area contributed by atoms with Gasteiger partial charge in [-0.25, -0.2) is 0 Å². The lowest BCUT2D eigenvalue weighted by molar-refractivity contribution is 0.226. The van der Waals surface area contributed by atoms with Gasteiger partial charge in [0, 0.05) is 18.7 Å². The number of nitrogens with two attached hydrogens (primary N) is 1. The van der Waals surface area contributed by atoms with Crippen molar-refractivity contribution in [1.82, 2.24) is 4.90 Å². The Kier molecular flexibility index (Phi) is 7.23. The predicted octanol–water partition coefficient (Wildman–Crippen LogP) is 3.35. The maximum atomic E-state index is 8.74. The second-order valence-corrected chi connectivity index (χ2v) is 5.64. The van der Waals surface area contributed by atoms with Crippen molar-refractivity contribution in [2.24, 2.45) is 16.8 Å². The zero-order chi connectivity index (χ0) is 15.8. The molecule has 0 amide bonds. The van der Waals surface area contributed by atoms with Gasteiger partial charge in [-0.15, -0.1) is 0 Å². The topological polar surface area (TPSA) is 61.8 Å². The van der Waals surface area contributed by atoms with Gasteiger partial charge in [0.15, 0.2) is 5.84 Å². The highest BCUT2D eigenvalue weighted by atomic mass is 16.4. The molecule has 0 saturated carbocycles. The number of hydrogen-bond acceptors (Lipinski definition) is 3. The third-order valence-corrected chi connectivity index (χ3v) is 4.26. The fraction of sp³-hybridized carbons (Fsp3) is 0.588. The molecule has 0 radical (unpaired) electrons. The van der Waals surface area contributed by atoms with Crippen LogP contribution < -0.4 is 5.73 Å². The van der Waals surface area contributed by atoms with Crippen LogP contribution in [0.25, 0.3) is 0 Å². The number of rotatable bonds is 8. The molecule has 0 aromatic heterocycles. The fourth-order valence-corrected chi connectivity index (χ4v) is 2.55. The number of amidine groups is 1. The Bertz CT molecular complexity index is 467. The van der Waals surface area contributed by atoms with E-state index in [4.69, 9.17) is 10.9 Å². The minimum atomic E-state index is 0.161. The molecule has 3 N–H and O–H groups in total. The summed E-state index contributed by atoms with van der Waals surface area (Å²) in [5, 5.41) is 11.8. The van der Waals surface area contributed by atoms with Crippen LogP contribution in [0.4, 0.5) is 0 Å². The molecule has 0 aliphatic heterocycles. The Morgan fingerprint density at radius 3 is 2.43 bits per heavy atom. The highest BCUT2D eigenvalue weighted by molar-refractivity contribution is 5.97. The van der Waals surface area contributed by atoms with Gasteiger partial charge in [0.25, 0.3) is 0 Å². The van der Waals surface area contributed by atoms with Crippen LogP contribution in [0.1, 0.15) is 50.3 Å². The molecule has 0 bridgehead atoms. The van der Waals surface area contributed by atoms with Crippen molar-refractivity contribution in [2.45, 2.75) is 47.1 Å². The minimum Gasteiger partial charge on any atom is -0.409 e. The van der Waals surface area contributed by atoms with E-state index >= 15 is 0 Å². The van der Waals surface area contributed by atoms with Crippen LogP contribution in [0.5, 0.6) is 0 Å². The first-order chi connectivity index (χ1) is 10.0. The van der Waals surface area contributed by atoms with E-state index in [0.29, 0.717) is 0 Å². The molecule has 0 aliphatic carbocycles. The normalized spacial score (nSPS) is 12.4. The third kappa shape index (κ3) is 5.05. The SMILES string of the molecule is CCC(CC)CN(CC)Cc1ccc(/C(N)=N/O)cc1C. The molecule has 0 fully saturated rings. The van der Waals surface area contributed by atoms with E-state index in [0.717, 1.165) is 31.1 Å². The highest BCUT2D eigenvalue weighted by Crippen LogP contribution is 2.16. The van der Waals surface area contributed by atoms with Crippen molar-refractivity contribution < 1.29 is 5.21 Å². The monoisotopic (exact) mass is 291 g/mol. The van der Waals surface area contributed by atoms with Crippen molar-refractivity contribution in [2.75, 3.05) is 13.1 Å². The van der Waals surface area contributed by atoms with Gasteiger partial charge in [-0.3, -0.25) is 4.90 Å². The van der Waals surface area contributed by atoms with Crippen molar-refractivity contribution in [3.05, 3.63) is 34.9 Å². The molecule has 1 rings (SSSR count). The molecular formula is C17H29N3O. The lowest BCUT2D eigenvalue weighted by atomic mass is 10.0. The predicted molar refractivity (Wildman–Crippen MR) is 88.7 cm³/mol. The molecule has 118 valence electrons. The summed E-state index contributed by atoms with van der Waals surface area (Å²) in [6.07, 6.45) is 2.46. The Morgan fingerprint density at radius 1 is 1.29 bits per heavy atom. The first-order valence-corrected chi connectivity index (χ1v) is 7.85. The van der Waals surface area contributed by atoms with Gasteiger partial charge in [0.05, 0.1) is 0 Å². The molecule has 21 heavy (non-hydrogen) atoms. The smallest absolute Gasteiger partial charge is 0.170 e. The highest BCUT2D eigenvalue weighted by Gasteiger charge is 2.12. The number of benzene rings is 1. The number of aryl methyl sites for hydroxylation is 1. The molecule has 4 nitrogen and oxygen atoms in total. The number of hydrogen-bond donors (Lipinski definition) is 2. The summed E-state index contributed by atoms with van der Waals surface area (Å²) in [6, 6.07) is 5.98. The van der Waals surface area contributed by atoms with Gasteiger partial charge in [0.1, 0.15) is 0 Å². The number of oxime groups is 1. The first-order valence-electron chi connectivity index (χ1n) is 7.85. The Labute approximate surface area is 128 Å². The molecule has 0 unspecified atom stereocenters. The van der Waals surface area contributed by atoms with Crippen LogP contribution >= 0.6 is 0 Å². The lowest BCUT2D eigenvalue weighted by Crippen LogP contribution is -2.29. The van der Waals surface area contributed by atoms with E-state index in [1.54, 1.807) is 0 Å². The lowest BCUT2D eigenvalue weighted by Gasteiger charge is -2.26. The molecular weight excluding hydrogens is 262 g/mol. The van der Waals surface area contributed by atoms with Crippen molar-refractivity contribution in [1.29, 1.82) is 0 Å². The standard InChI is InChI=1S/C17H29N3O/c1-5-14(6-2)11-20(7-3)12-16-9-8-15(10-13(16)4)17(18)19-21/h8-10,14,21H,5-7,11-12H2,1-4H3,(H2,18,19). The van der Waals surface area contributed by atoms with Crippen LogP contribution in [0.2, 0.25) is 0 Å². The maximum absolute atomic E-state index is 8.74. The van der Waals surface area contributed by atoms with E-state index in [1.807, 2.05) is 12.1 Å². The minimum absolute atomic E-state index is 0.161. The zero-order valence-corrected chi connectivity index (χ0v) is 13.8. The summed E-state index contributed by atoms with van der Waals surface area (Å²) in [4.78, 5) is 2.49. The van der Waals surface area contributed by atoms with Gasteiger partial charge in [-0.1, -0.05) is 50.9 Å². The van der Waals surface area contributed by atoms with Crippen LogP contribution in [0, 0.1) is 12.8 Å². The first kappa shape index (κ1) is 17.5.